The summed E-state index contributed by atoms with van der Waals surface area (Å²) in [7, 11) is 0. The molecule has 0 bridgehead atoms. The Bertz CT molecular complexity index is 527. The lowest BCUT2D eigenvalue weighted by Gasteiger charge is -2.34. The van der Waals surface area contributed by atoms with Gasteiger partial charge >= 0.3 is 0 Å². The van der Waals surface area contributed by atoms with Crippen molar-refractivity contribution in [3.05, 3.63) is 28.7 Å². The average Bonchev–Trinajstić information content (AvgIpc) is 2.55. The van der Waals surface area contributed by atoms with Crippen LogP contribution in [0.3, 0.4) is 0 Å². The van der Waals surface area contributed by atoms with E-state index in [9.17, 15) is 9.59 Å². The second-order valence-electron chi connectivity index (χ2n) is 5.33. The number of anilines is 1. The smallest absolute Gasteiger partial charge is 0.243 e. The zero-order chi connectivity index (χ0) is 16.0. The SMILES string of the molecule is NCC1(C(=O)NCC(=O)Nc2ccc(Br)cc2)CCOCC1. The summed E-state index contributed by atoms with van der Waals surface area (Å²) in [6.45, 7) is 1.24. The van der Waals surface area contributed by atoms with Crippen molar-refractivity contribution in [2.24, 2.45) is 11.1 Å². The molecule has 1 aromatic carbocycles. The van der Waals surface area contributed by atoms with Crippen LogP contribution in [0.25, 0.3) is 0 Å². The first-order chi connectivity index (χ1) is 10.6. The fourth-order valence-electron chi connectivity index (χ4n) is 2.37. The van der Waals surface area contributed by atoms with Crippen molar-refractivity contribution in [1.29, 1.82) is 0 Å². The maximum atomic E-state index is 12.3. The maximum Gasteiger partial charge on any atom is 0.243 e. The van der Waals surface area contributed by atoms with Crippen LogP contribution >= 0.6 is 15.9 Å². The summed E-state index contributed by atoms with van der Waals surface area (Å²) < 4.78 is 6.21. The number of carbonyl (C=O) groups excluding carboxylic acids is 2. The van der Waals surface area contributed by atoms with Gasteiger partial charge in [-0.3, -0.25) is 9.59 Å². The number of hydrogen-bond donors (Lipinski definition) is 3. The molecule has 0 unspecified atom stereocenters. The van der Waals surface area contributed by atoms with Crippen molar-refractivity contribution in [3.63, 3.8) is 0 Å². The molecule has 1 fully saturated rings. The van der Waals surface area contributed by atoms with E-state index in [1.807, 2.05) is 12.1 Å². The number of amides is 2. The Morgan fingerprint density at radius 1 is 1.23 bits per heavy atom. The van der Waals surface area contributed by atoms with Crippen LogP contribution < -0.4 is 16.4 Å². The van der Waals surface area contributed by atoms with Crippen LogP contribution in [0.5, 0.6) is 0 Å². The minimum absolute atomic E-state index is 0.0719. The van der Waals surface area contributed by atoms with Crippen LogP contribution in [-0.2, 0) is 14.3 Å². The average molecular weight is 370 g/mol. The summed E-state index contributed by atoms with van der Waals surface area (Å²) in [5, 5.41) is 5.41. The molecule has 120 valence electrons. The van der Waals surface area contributed by atoms with Crippen molar-refractivity contribution >= 4 is 33.4 Å². The highest BCUT2D eigenvalue weighted by Crippen LogP contribution is 2.29. The molecule has 0 radical (unpaired) electrons. The topological polar surface area (TPSA) is 93.5 Å². The lowest BCUT2D eigenvalue weighted by atomic mass is 9.79. The fourth-order valence-corrected chi connectivity index (χ4v) is 2.64. The van der Waals surface area contributed by atoms with Crippen LogP contribution in [-0.4, -0.2) is 38.1 Å². The van der Waals surface area contributed by atoms with E-state index in [1.165, 1.54) is 0 Å². The molecule has 1 heterocycles. The van der Waals surface area contributed by atoms with Crippen molar-refractivity contribution in [3.8, 4) is 0 Å². The standard InChI is InChI=1S/C15H20BrN3O3/c16-11-1-3-12(4-2-11)19-13(20)9-18-14(21)15(10-17)5-7-22-8-6-15/h1-4H,5-10,17H2,(H,18,21)(H,19,20). The first-order valence-electron chi connectivity index (χ1n) is 7.17. The lowest BCUT2D eigenvalue weighted by Crippen LogP contribution is -2.50. The molecule has 1 aromatic rings. The Morgan fingerprint density at radius 2 is 1.86 bits per heavy atom. The molecule has 22 heavy (non-hydrogen) atoms. The molecule has 0 aromatic heterocycles. The third-order valence-electron chi connectivity index (χ3n) is 3.86. The summed E-state index contributed by atoms with van der Waals surface area (Å²) >= 11 is 3.33. The van der Waals surface area contributed by atoms with Crippen LogP contribution in [0.15, 0.2) is 28.7 Å². The third-order valence-corrected chi connectivity index (χ3v) is 4.39. The Hall–Kier alpha value is -1.44. The lowest BCUT2D eigenvalue weighted by molar-refractivity contribution is -0.137. The van der Waals surface area contributed by atoms with Gasteiger partial charge in [-0.15, -0.1) is 0 Å². The summed E-state index contributed by atoms with van der Waals surface area (Å²) in [6.07, 6.45) is 1.17. The molecule has 1 saturated heterocycles. The summed E-state index contributed by atoms with van der Waals surface area (Å²) in [5.41, 5.74) is 5.83. The minimum Gasteiger partial charge on any atom is -0.381 e. The normalized spacial score (nSPS) is 16.8. The first-order valence-corrected chi connectivity index (χ1v) is 7.96. The van der Waals surface area contributed by atoms with E-state index in [0.717, 1.165) is 4.47 Å². The molecule has 2 rings (SSSR count). The van der Waals surface area contributed by atoms with Gasteiger partial charge in [-0.05, 0) is 37.1 Å². The minimum atomic E-state index is -0.615. The van der Waals surface area contributed by atoms with Gasteiger partial charge in [0.2, 0.25) is 11.8 Å². The van der Waals surface area contributed by atoms with E-state index >= 15 is 0 Å². The van der Waals surface area contributed by atoms with Crippen LogP contribution in [0.2, 0.25) is 0 Å². The number of halogens is 1. The number of hydrogen-bond acceptors (Lipinski definition) is 4. The number of carbonyl (C=O) groups is 2. The zero-order valence-corrected chi connectivity index (χ0v) is 13.8. The Labute approximate surface area is 137 Å². The quantitative estimate of drug-likeness (QED) is 0.728. The van der Waals surface area contributed by atoms with Crippen molar-refractivity contribution in [1.82, 2.24) is 5.32 Å². The highest BCUT2D eigenvalue weighted by atomic mass is 79.9. The highest BCUT2D eigenvalue weighted by Gasteiger charge is 2.38. The molecule has 0 atom stereocenters. The van der Waals surface area contributed by atoms with Gasteiger partial charge in [0, 0.05) is 29.9 Å². The molecule has 0 spiro atoms. The summed E-state index contributed by atoms with van der Waals surface area (Å²) in [5.74, 6) is -0.445. The number of nitrogens with two attached hydrogens (primary N) is 1. The number of nitrogens with one attached hydrogen (secondary N) is 2. The van der Waals surface area contributed by atoms with Crippen molar-refractivity contribution in [2.45, 2.75) is 12.8 Å². The van der Waals surface area contributed by atoms with E-state index in [2.05, 4.69) is 26.6 Å². The van der Waals surface area contributed by atoms with E-state index < -0.39 is 5.41 Å². The van der Waals surface area contributed by atoms with Gasteiger partial charge < -0.3 is 21.1 Å². The Morgan fingerprint density at radius 3 is 2.45 bits per heavy atom. The maximum absolute atomic E-state index is 12.3. The van der Waals surface area contributed by atoms with E-state index in [1.54, 1.807) is 12.1 Å². The number of rotatable bonds is 5. The molecule has 0 aliphatic carbocycles. The molecule has 1 aliphatic rings. The van der Waals surface area contributed by atoms with Gasteiger partial charge in [0.05, 0.1) is 12.0 Å². The molecule has 6 nitrogen and oxygen atoms in total. The monoisotopic (exact) mass is 369 g/mol. The first kappa shape index (κ1) is 16.9. The van der Waals surface area contributed by atoms with Crippen LogP contribution in [0.4, 0.5) is 5.69 Å². The van der Waals surface area contributed by atoms with Gasteiger partial charge in [0.15, 0.2) is 0 Å². The van der Waals surface area contributed by atoms with Gasteiger partial charge in [0.1, 0.15) is 0 Å². The molecule has 1 aliphatic heterocycles. The zero-order valence-electron chi connectivity index (χ0n) is 12.2. The van der Waals surface area contributed by atoms with Crippen LogP contribution in [0, 0.1) is 5.41 Å². The summed E-state index contributed by atoms with van der Waals surface area (Å²) in [6, 6.07) is 7.23. The Kier molecular flexibility index (Phi) is 5.93. The molecule has 0 saturated carbocycles. The van der Waals surface area contributed by atoms with Crippen LogP contribution in [0.1, 0.15) is 12.8 Å². The van der Waals surface area contributed by atoms with Gasteiger partial charge in [-0.2, -0.15) is 0 Å². The van der Waals surface area contributed by atoms with Gasteiger partial charge in [-0.25, -0.2) is 0 Å². The van der Waals surface area contributed by atoms with Gasteiger partial charge in [-0.1, -0.05) is 15.9 Å². The fraction of sp³-hybridized carbons (Fsp3) is 0.467. The number of benzene rings is 1. The number of ether oxygens (including phenoxy) is 1. The van der Waals surface area contributed by atoms with Crippen molar-refractivity contribution < 1.29 is 14.3 Å². The largest absolute Gasteiger partial charge is 0.381 e. The molecule has 7 heteroatoms. The molecule has 4 N–H and O–H groups in total. The summed E-state index contributed by atoms with van der Waals surface area (Å²) in [4.78, 5) is 24.2. The molecular formula is C15H20BrN3O3. The highest BCUT2D eigenvalue weighted by molar-refractivity contribution is 9.10. The second kappa shape index (κ2) is 7.71. The van der Waals surface area contributed by atoms with Crippen molar-refractivity contribution in [2.75, 3.05) is 31.6 Å². The third kappa shape index (κ3) is 4.28. The predicted octanol–water partition coefficient (Wildman–Crippen LogP) is 1.26. The van der Waals surface area contributed by atoms with Gasteiger partial charge in [0.25, 0.3) is 0 Å². The van der Waals surface area contributed by atoms with E-state index in [0.29, 0.717) is 31.7 Å². The molecular weight excluding hydrogens is 350 g/mol. The predicted molar refractivity (Wildman–Crippen MR) is 87.3 cm³/mol. The molecule has 2 amide bonds. The Balaban J connectivity index is 1.84. The van der Waals surface area contributed by atoms with E-state index in [4.69, 9.17) is 10.5 Å². The van der Waals surface area contributed by atoms with E-state index in [-0.39, 0.29) is 24.9 Å². The second-order valence-corrected chi connectivity index (χ2v) is 6.25.